The summed E-state index contributed by atoms with van der Waals surface area (Å²) in [5.74, 6) is 0. The second kappa shape index (κ2) is 2.26. The van der Waals surface area contributed by atoms with Gasteiger partial charge in [0, 0.05) is 5.56 Å². The quantitative estimate of drug-likeness (QED) is 0.482. The van der Waals surface area contributed by atoms with Gasteiger partial charge in [-0.3, -0.25) is 5.41 Å². The molecule has 0 aliphatic heterocycles. The van der Waals surface area contributed by atoms with Crippen molar-refractivity contribution in [1.29, 1.82) is 0 Å². The Kier molecular flexibility index (Phi) is 1.42. The number of nitrogens with two attached hydrogens (primary N) is 1. The predicted octanol–water partition coefficient (Wildman–Crippen LogP) is -0.135. The van der Waals surface area contributed by atoms with E-state index in [-0.39, 0.29) is 0 Å². The summed E-state index contributed by atoms with van der Waals surface area (Å²) in [6.07, 6.45) is 1.58. The van der Waals surface area contributed by atoms with Gasteiger partial charge in [-0.2, -0.15) is 0 Å². The Hall–Kier alpha value is -1.11. The highest BCUT2D eigenvalue weighted by Gasteiger charge is 1.81. The molecular weight excluding hydrogens is 98.1 g/mol. The van der Waals surface area contributed by atoms with Crippen LogP contribution in [0.3, 0.4) is 0 Å². The highest BCUT2D eigenvalue weighted by atomic mass is 14.3. The lowest BCUT2D eigenvalue weighted by atomic mass is 10.2. The van der Waals surface area contributed by atoms with Crippen LogP contribution in [0.4, 0.5) is 0 Å². The molecule has 0 atom stereocenters. The molecule has 2 N–H and O–H groups in total. The number of benzene rings is 1. The maximum absolute atomic E-state index is 5.22. The molecule has 0 aliphatic rings. The minimum absolute atomic E-state index is 1.06. The van der Waals surface area contributed by atoms with Gasteiger partial charge in [-0.15, -0.1) is 0 Å². The van der Waals surface area contributed by atoms with E-state index in [4.69, 9.17) is 5.41 Å². The van der Waals surface area contributed by atoms with E-state index in [1.165, 1.54) is 0 Å². The molecule has 1 rings (SSSR count). The average Bonchev–Trinajstić information content (AvgIpc) is 1.90. The van der Waals surface area contributed by atoms with E-state index in [0.717, 1.165) is 5.56 Å². The third-order valence-electron chi connectivity index (χ3n) is 0.992. The minimum Gasteiger partial charge on any atom is -0.260 e. The molecule has 0 aromatic heterocycles. The van der Waals surface area contributed by atoms with Crippen LogP contribution in [0.5, 0.6) is 0 Å². The first kappa shape index (κ1) is 5.04. The Morgan fingerprint density at radius 2 is 1.75 bits per heavy atom. The van der Waals surface area contributed by atoms with Crippen LogP contribution in [0, 0.1) is 0 Å². The van der Waals surface area contributed by atoms with Crippen LogP contribution in [-0.4, -0.2) is 6.21 Å². The van der Waals surface area contributed by atoms with Crippen molar-refractivity contribution in [1.82, 2.24) is 0 Å². The van der Waals surface area contributed by atoms with E-state index in [9.17, 15) is 0 Å². The molecule has 0 amide bonds. The standard InChI is InChI=1S/C7H7N/c8-6-7-4-2-1-3-5-7/h1-6,8H/p+1. The Labute approximate surface area is 48.5 Å². The summed E-state index contributed by atoms with van der Waals surface area (Å²) in [5, 5.41) is 5.22. The van der Waals surface area contributed by atoms with Gasteiger partial charge in [0.25, 0.3) is 0 Å². The predicted molar refractivity (Wildman–Crippen MR) is 33.5 cm³/mol. The molecule has 0 bridgehead atoms. The maximum atomic E-state index is 5.22. The fourth-order valence-electron chi connectivity index (χ4n) is 0.564. The van der Waals surface area contributed by atoms with Gasteiger partial charge >= 0.3 is 0 Å². The minimum atomic E-state index is 1.06. The molecule has 0 saturated carbocycles. The van der Waals surface area contributed by atoms with Gasteiger partial charge in [-0.25, -0.2) is 0 Å². The first-order valence-electron chi connectivity index (χ1n) is 2.53. The molecule has 0 fully saturated rings. The highest BCUT2D eigenvalue weighted by Crippen LogP contribution is 1.90. The van der Waals surface area contributed by atoms with Crippen LogP contribution < -0.4 is 5.41 Å². The van der Waals surface area contributed by atoms with Crippen molar-refractivity contribution in [3.8, 4) is 0 Å². The largest absolute Gasteiger partial charge is 0.260 e. The van der Waals surface area contributed by atoms with E-state index < -0.39 is 0 Å². The van der Waals surface area contributed by atoms with Crippen molar-refractivity contribution in [2.75, 3.05) is 0 Å². The smallest absolute Gasteiger partial charge is 0.167 e. The number of hydrogen-bond donors (Lipinski definition) is 1. The van der Waals surface area contributed by atoms with E-state index in [1.54, 1.807) is 6.21 Å². The molecule has 0 heterocycles. The zero-order chi connectivity index (χ0) is 5.82. The lowest BCUT2D eigenvalue weighted by Gasteiger charge is -1.81. The Bertz CT molecular complexity index is 167. The van der Waals surface area contributed by atoms with Crippen LogP contribution in [0.1, 0.15) is 5.56 Å². The molecule has 0 spiro atoms. The van der Waals surface area contributed by atoms with Gasteiger partial charge in [0.05, 0.1) is 0 Å². The van der Waals surface area contributed by atoms with Crippen LogP contribution in [-0.2, 0) is 0 Å². The van der Waals surface area contributed by atoms with Gasteiger partial charge in [0.1, 0.15) is 0 Å². The lowest BCUT2D eigenvalue weighted by molar-refractivity contribution is -0.104. The van der Waals surface area contributed by atoms with Crippen LogP contribution >= 0.6 is 0 Å². The molecule has 8 heavy (non-hydrogen) atoms. The molecule has 40 valence electrons. The molecule has 1 aromatic carbocycles. The number of rotatable bonds is 1. The first-order valence-corrected chi connectivity index (χ1v) is 2.53. The van der Waals surface area contributed by atoms with E-state index in [2.05, 4.69) is 0 Å². The molecule has 0 aliphatic carbocycles. The summed E-state index contributed by atoms with van der Waals surface area (Å²) in [6.45, 7) is 0. The lowest BCUT2D eigenvalue weighted by Crippen LogP contribution is -2.29. The first-order chi connectivity index (χ1) is 3.93. The average molecular weight is 106 g/mol. The molecule has 0 radical (unpaired) electrons. The summed E-state index contributed by atoms with van der Waals surface area (Å²) in [6, 6.07) is 9.80. The summed E-state index contributed by atoms with van der Waals surface area (Å²) < 4.78 is 0. The second-order valence-electron chi connectivity index (χ2n) is 1.58. The van der Waals surface area contributed by atoms with Crippen molar-refractivity contribution >= 4 is 6.21 Å². The third-order valence-corrected chi connectivity index (χ3v) is 0.992. The topological polar surface area (TPSA) is 25.6 Å². The van der Waals surface area contributed by atoms with Crippen molar-refractivity contribution in [3.63, 3.8) is 0 Å². The van der Waals surface area contributed by atoms with Gasteiger partial charge in [0.2, 0.25) is 0 Å². The van der Waals surface area contributed by atoms with Gasteiger partial charge in [0.15, 0.2) is 6.21 Å². The summed E-state index contributed by atoms with van der Waals surface area (Å²) >= 11 is 0. The monoisotopic (exact) mass is 106 g/mol. The van der Waals surface area contributed by atoms with E-state index >= 15 is 0 Å². The summed E-state index contributed by atoms with van der Waals surface area (Å²) in [7, 11) is 0. The van der Waals surface area contributed by atoms with Crippen LogP contribution in [0.25, 0.3) is 0 Å². The molecule has 0 unspecified atom stereocenters. The normalized spacial score (nSPS) is 8.50. The number of hydrogen-bond acceptors (Lipinski definition) is 0. The van der Waals surface area contributed by atoms with Gasteiger partial charge in [-0.1, -0.05) is 18.2 Å². The van der Waals surface area contributed by atoms with Crippen molar-refractivity contribution < 1.29 is 5.41 Å². The highest BCUT2D eigenvalue weighted by molar-refractivity contribution is 5.74. The van der Waals surface area contributed by atoms with Crippen LogP contribution in [0.2, 0.25) is 0 Å². The third kappa shape index (κ3) is 0.936. The Morgan fingerprint density at radius 1 is 1.12 bits per heavy atom. The molecule has 0 saturated heterocycles. The van der Waals surface area contributed by atoms with Gasteiger partial charge < -0.3 is 0 Å². The zero-order valence-electron chi connectivity index (χ0n) is 4.54. The Morgan fingerprint density at radius 3 is 2.12 bits per heavy atom. The SMILES string of the molecule is [NH2+]=Cc1ccccc1. The Balaban J connectivity index is 2.99. The van der Waals surface area contributed by atoms with Gasteiger partial charge in [-0.05, 0) is 12.1 Å². The molecular formula is C7H8N+. The maximum Gasteiger partial charge on any atom is 0.167 e. The summed E-state index contributed by atoms with van der Waals surface area (Å²) in [5.41, 5.74) is 1.06. The van der Waals surface area contributed by atoms with E-state index in [0.29, 0.717) is 0 Å². The van der Waals surface area contributed by atoms with Crippen LogP contribution in [0.15, 0.2) is 30.3 Å². The van der Waals surface area contributed by atoms with Crippen molar-refractivity contribution in [3.05, 3.63) is 35.9 Å². The van der Waals surface area contributed by atoms with Crippen molar-refractivity contribution in [2.24, 2.45) is 0 Å². The fraction of sp³-hybridized carbons (Fsp3) is 0. The molecule has 1 aromatic rings. The fourth-order valence-corrected chi connectivity index (χ4v) is 0.564. The van der Waals surface area contributed by atoms with E-state index in [1.807, 2.05) is 30.3 Å². The second-order valence-corrected chi connectivity index (χ2v) is 1.58. The van der Waals surface area contributed by atoms with Crippen molar-refractivity contribution in [2.45, 2.75) is 0 Å². The molecule has 1 nitrogen and oxygen atoms in total. The molecule has 1 heteroatoms. The zero-order valence-corrected chi connectivity index (χ0v) is 4.54. The summed E-state index contributed by atoms with van der Waals surface area (Å²) in [4.78, 5) is 0.